The Bertz CT molecular complexity index is 590. The van der Waals surface area contributed by atoms with Gasteiger partial charge in [-0.05, 0) is 45.0 Å². The summed E-state index contributed by atoms with van der Waals surface area (Å²) in [6.45, 7) is 9.42. The molecule has 0 saturated carbocycles. The number of aliphatic hydroxyl groups is 1. The molecule has 0 aliphatic carbocycles. The van der Waals surface area contributed by atoms with Crippen LogP contribution in [-0.2, 0) is 5.60 Å². The van der Waals surface area contributed by atoms with Gasteiger partial charge in [0.25, 0.3) is 0 Å². The summed E-state index contributed by atoms with van der Waals surface area (Å²) in [7, 11) is 0. The van der Waals surface area contributed by atoms with Crippen LogP contribution in [-0.4, -0.2) is 9.67 Å². The van der Waals surface area contributed by atoms with Gasteiger partial charge >= 0.3 is 0 Å². The summed E-state index contributed by atoms with van der Waals surface area (Å²) >= 11 is 5.98. The second kappa shape index (κ2) is 3.90. The fourth-order valence-corrected chi connectivity index (χ4v) is 2.23. The molecule has 0 amide bonds. The third-order valence-electron chi connectivity index (χ3n) is 2.77. The summed E-state index contributed by atoms with van der Waals surface area (Å²) in [6, 6.07) is 7.64. The normalized spacial score (nSPS) is 12.1. The maximum absolute atomic E-state index is 10.2. The van der Waals surface area contributed by atoms with Crippen LogP contribution in [0.2, 0.25) is 5.02 Å². The molecule has 0 unspecified atom stereocenters. The van der Waals surface area contributed by atoms with Crippen molar-refractivity contribution in [3.63, 3.8) is 0 Å². The van der Waals surface area contributed by atoms with Crippen molar-refractivity contribution in [2.75, 3.05) is 0 Å². The molecule has 0 atom stereocenters. The van der Waals surface area contributed by atoms with Gasteiger partial charge in [-0.15, -0.1) is 0 Å². The van der Waals surface area contributed by atoms with E-state index in [1.807, 2.05) is 35.8 Å². The lowest BCUT2D eigenvalue weighted by Gasteiger charge is -2.20. The zero-order chi connectivity index (χ0) is 12.8. The van der Waals surface area contributed by atoms with E-state index in [4.69, 9.17) is 11.6 Å². The van der Waals surface area contributed by atoms with Crippen molar-refractivity contribution >= 4 is 28.2 Å². The highest BCUT2D eigenvalue weighted by Gasteiger charge is 2.23. The predicted octanol–water partition coefficient (Wildman–Crippen LogP) is 4.01. The number of hydrogen-bond donors (Lipinski definition) is 1. The fourth-order valence-electron chi connectivity index (χ4n) is 2.05. The molecule has 1 heterocycles. The number of rotatable bonds is 2. The molecule has 0 radical (unpaired) electrons. The monoisotopic (exact) mass is 249 g/mol. The number of hydrogen-bond acceptors (Lipinski definition) is 1. The molecule has 0 fully saturated rings. The number of benzene rings is 1. The lowest BCUT2D eigenvalue weighted by Crippen LogP contribution is -2.19. The van der Waals surface area contributed by atoms with E-state index in [0.29, 0.717) is 5.02 Å². The number of halogens is 1. The van der Waals surface area contributed by atoms with Crippen molar-refractivity contribution in [3.05, 3.63) is 41.6 Å². The first-order valence-corrected chi connectivity index (χ1v) is 5.88. The van der Waals surface area contributed by atoms with E-state index in [2.05, 4.69) is 6.58 Å². The molecule has 2 nitrogen and oxygen atoms in total. The highest BCUT2D eigenvalue weighted by Crippen LogP contribution is 2.31. The van der Waals surface area contributed by atoms with Crippen molar-refractivity contribution in [2.45, 2.75) is 26.4 Å². The van der Waals surface area contributed by atoms with E-state index >= 15 is 0 Å². The molecule has 3 heteroatoms. The summed E-state index contributed by atoms with van der Waals surface area (Å²) in [5, 5.41) is 11.9. The van der Waals surface area contributed by atoms with Gasteiger partial charge in [-0.1, -0.05) is 18.2 Å². The van der Waals surface area contributed by atoms with E-state index in [1.165, 1.54) is 0 Å². The highest BCUT2D eigenvalue weighted by molar-refractivity contribution is 6.31. The molecule has 1 aromatic heterocycles. The lowest BCUT2D eigenvalue weighted by molar-refractivity contribution is 0.0727. The van der Waals surface area contributed by atoms with Crippen LogP contribution in [0.4, 0.5) is 0 Å². The maximum Gasteiger partial charge on any atom is 0.0993 e. The van der Waals surface area contributed by atoms with E-state index in [9.17, 15) is 5.11 Å². The van der Waals surface area contributed by atoms with E-state index in [1.54, 1.807) is 13.8 Å². The second-order valence-electron chi connectivity index (χ2n) is 4.86. The van der Waals surface area contributed by atoms with Crippen LogP contribution in [0, 0.1) is 0 Å². The molecule has 2 rings (SSSR count). The second-order valence-corrected chi connectivity index (χ2v) is 5.30. The molecule has 90 valence electrons. The van der Waals surface area contributed by atoms with Crippen molar-refractivity contribution in [1.29, 1.82) is 0 Å². The molecule has 0 saturated heterocycles. The molecular weight excluding hydrogens is 234 g/mol. The largest absolute Gasteiger partial charge is 0.384 e. The van der Waals surface area contributed by atoms with Gasteiger partial charge in [0.05, 0.1) is 16.8 Å². The Balaban J connectivity index is 2.84. The van der Waals surface area contributed by atoms with Gasteiger partial charge in [0.2, 0.25) is 0 Å². The van der Waals surface area contributed by atoms with E-state index in [0.717, 1.165) is 22.3 Å². The van der Waals surface area contributed by atoms with Crippen molar-refractivity contribution < 1.29 is 5.11 Å². The van der Waals surface area contributed by atoms with Crippen LogP contribution < -0.4 is 0 Å². The number of fused-ring (bicyclic) bond motifs is 1. The molecule has 0 aliphatic rings. The average Bonchev–Trinajstić information content (AvgIpc) is 2.55. The summed E-state index contributed by atoms with van der Waals surface area (Å²) < 4.78 is 1.96. The Morgan fingerprint density at radius 2 is 2.00 bits per heavy atom. The molecular formula is C14H16ClNO. The van der Waals surface area contributed by atoms with Crippen LogP contribution >= 0.6 is 11.6 Å². The van der Waals surface area contributed by atoms with Gasteiger partial charge in [-0.3, -0.25) is 0 Å². The van der Waals surface area contributed by atoms with Crippen LogP contribution in [0.15, 0.2) is 30.8 Å². The molecule has 1 aromatic carbocycles. The van der Waals surface area contributed by atoms with Gasteiger partial charge < -0.3 is 9.67 Å². The minimum Gasteiger partial charge on any atom is -0.384 e. The Kier molecular flexibility index (Phi) is 2.80. The van der Waals surface area contributed by atoms with Crippen molar-refractivity contribution in [2.24, 2.45) is 0 Å². The summed E-state index contributed by atoms with van der Waals surface area (Å²) in [5.74, 6) is 0. The standard InChI is InChI=1S/C14H16ClNO/c1-9(2)16-12-6-5-11(15)7-10(12)8-13(16)14(3,4)17/h5-8,17H,1H2,2-4H3. The van der Waals surface area contributed by atoms with Gasteiger partial charge in [-0.2, -0.15) is 0 Å². The van der Waals surface area contributed by atoms with E-state index < -0.39 is 5.60 Å². The van der Waals surface area contributed by atoms with Crippen molar-refractivity contribution in [1.82, 2.24) is 4.57 Å². The van der Waals surface area contributed by atoms with Crippen molar-refractivity contribution in [3.8, 4) is 0 Å². The smallest absolute Gasteiger partial charge is 0.0993 e. The first-order chi connectivity index (χ1) is 7.80. The molecule has 0 aliphatic heterocycles. The first-order valence-electron chi connectivity index (χ1n) is 5.50. The summed E-state index contributed by atoms with van der Waals surface area (Å²) in [5.41, 5.74) is 1.80. The topological polar surface area (TPSA) is 25.2 Å². The Hall–Kier alpha value is -1.25. The zero-order valence-corrected chi connectivity index (χ0v) is 11.0. The van der Waals surface area contributed by atoms with E-state index in [-0.39, 0.29) is 0 Å². The minimum absolute atomic E-state index is 0.693. The predicted molar refractivity (Wildman–Crippen MR) is 73.2 cm³/mol. The fraction of sp³-hybridized carbons (Fsp3) is 0.286. The molecule has 17 heavy (non-hydrogen) atoms. The Morgan fingerprint density at radius 3 is 2.53 bits per heavy atom. The van der Waals surface area contributed by atoms with Gasteiger partial charge in [0.1, 0.15) is 0 Å². The van der Waals surface area contributed by atoms with Crippen LogP contribution in [0.3, 0.4) is 0 Å². The van der Waals surface area contributed by atoms with Crippen LogP contribution in [0.25, 0.3) is 16.6 Å². The number of aromatic nitrogens is 1. The summed E-state index contributed by atoms with van der Waals surface area (Å²) in [6.07, 6.45) is 0. The molecule has 0 spiro atoms. The lowest BCUT2D eigenvalue weighted by atomic mass is 10.1. The summed E-state index contributed by atoms with van der Waals surface area (Å²) in [4.78, 5) is 0. The van der Waals surface area contributed by atoms with Gasteiger partial charge in [0, 0.05) is 16.1 Å². The average molecular weight is 250 g/mol. The van der Waals surface area contributed by atoms with Crippen LogP contribution in [0.1, 0.15) is 26.5 Å². The third-order valence-corrected chi connectivity index (χ3v) is 3.01. The SMILES string of the molecule is C=C(C)n1c(C(C)(C)O)cc2cc(Cl)ccc21. The Morgan fingerprint density at radius 1 is 1.35 bits per heavy atom. The first kappa shape index (κ1) is 12.2. The molecule has 1 N–H and O–H groups in total. The van der Waals surface area contributed by atoms with Crippen LogP contribution in [0.5, 0.6) is 0 Å². The molecule has 0 bridgehead atoms. The number of nitrogens with zero attached hydrogens (tertiary/aromatic N) is 1. The quantitative estimate of drug-likeness (QED) is 0.855. The highest BCUT2D eigenvalue weighted by atomic mass is 35.5. The van der Waals surface area contributed by atoms with Gasteiger partial charge in [0.15, 0.2) is 0 Å². The third kappa shape index (κ3) is 2.11. The maximum atomic E-state index is 10.2. The zero-order valence-electron chi connectivity index (χ0n) is 10.3. The minimum atomic E-state index is -0.912. The number of allylic oxidation sites excluding steroid dienone is 1. The molecule has 2 aromatic rings. The Labute approximate surface area is 106 Å². The van der Waals surface area contributed by atoms with Gasteiger partial charge in [-0.25, -0.2) is 0 Å².